The van der Waals surface area contributed by atoms with Gasteiger partial charge in [0.1, 0.15) is 0 Å². The van der Waals surface area contributed by atoms with Crippen molar-refractivity contribution in [3.63, 3.8) is 0 Å². The van der Waals surface area contributed by atoms with Gasteiger partial charge in [-0.05, 0) is 44.1 Å². The smallest absolute Gasteiger partial charge is 0.253 e. The molecule has 0 saturated heterocycles. The number of allylic oxidation sites excluding steroid dienone is 4. The van der Waals surface area contributed by atoms with Gasteiger partial charge in [-0.1, -0.05) is 0 Å². The van der Waals surface area contributed by atoms with Crippen molar-refractivity contribution in [1.29, 1.82) is 0 Å². The van der Waals surface area contributed by atoms with Gasteiger partial charge in [0.2, 0.25) is 0 Å². The molecule has 0 heterocycles. The van der Waals surface area contributed by atoms with E-state index in [9.17, 15) is 13.2 Å². The van der Waals surface area contributed by atoms with Crippen LogP contribution in [0.5, 0.6) is 0 Å². The summed E-state index contributed by atoms with van der Waals surface area (Å²) in [5, 5.41) is 0. The third kappa shape index (κ3) is 2.86. The number of rotatable bonds is 2. The molecule has 0 saturated carbocycles. The van der Waals surface area contributed by atoms with Crippen LogP contribution in [0.4, 0.5) is 0 Å². The highest BCUT2D eigenvalue weighted by molar-refractivity contribution is 7.90. The molecule has 0 N–H and O–H groups in total. The Bertz CT molecular complexity index is 481. The maximum Gasteiger partial charge on any atom is 0.253 e. The van der Waals surface area contributed by atoms with E-state index in [0.29, 0.717) is 16.9 Å². The van der Waals surface area contributed by atoms with Crippen molar-refractivity contribution < 1.29 is 13.2 Å². The van der Waals surface area contributed by atoms with Gasteiger partial charge < -0.3 is 0 Å². The largest absolute Gasteiger partial charge is 0.290 e. The third-order valence-electron chi connectivity index (χ3n) is 2.10. The van der Waals surface area contributed by atoms with Crippen molar-refractivity contribution >= 4 is 21.5 Å². The fraction of sp³-hybridized carbons (Fsp3) is 0.400. The molecule has 0 amide bonds. The van der Waals surface area contributed by atoms with Gasteiger partial charge in [0.15, 0.2) is 5.78 Å². The highest BCUT2D eigenvalue weighted by Gasteiger charge is 2.15. The number of hydrogen-bond donors (Lipinski definition) is 0. The molecule has 0 spiro atoms. The Hall–Kier alpha value is -1.23. The maximum absolute atomic E-state index is 11.3. The van der Waals surface area contributed by atoms with Gasteiger partial charge in [-0.3, -0.25) is 4.79 Å². The van der Waals surface area contributed by atoms with Crippen molar-refractivity contribution in [3.8, 4) is 0 Å². The lowest BCUT2D eigenvalue weighted by Gasteiger charge is -2.08. The van der Waals surface area contributed by atoms with E-state index < -0.39 is 10.0 Å². The molecule has 4 nitrogen and oxygen atoms in total. The molecule has 5 heteroatoms. The van der Waals surface area contributed by atoms with E-state index in [1.807, 2.05) is 0 Å². The Morgan fingerprint density at radius 1 is 1.20 bits per heavy atom. The topological polar surface area (TPSA) is 63.6 Å². The first-order chi connectivity index (χ1) is 6.85. The predicted molar refractivity (Wildman–Crippen MR) is 59.4 cm³/mol. The van der Waals surface area contributed by atoms with Crippen molar-refractivity contribution in [2.24, 2.45) is 4.40 Å². The van der Waals surface area contributed by atoms with Crippen molar-refractivity contribution in [2.75, 3.05) is 5.75 Å². The van der Waals surface area contributed by atoms with E-state index in [1.54, 1.807) is 13.8 Å². The molecule has 0 aromatic heterocycles. The molecule has 0 aromatic rings. The molecular formula is C10H13NO3S. The van der Waals surface area contributed by atoms with Crippen LogP contribution in [-0.4, -0.2) is 25.7 Å². The zero-order valence-electron chi connectivity index (χ0n) is 8.94. The minimum atomic E-state index is -3.40. The van der Waals surface area contributed by atoms with E-state index in [0.717, 1.165) is 0 Å². The number of carbonyl (C=O) groups excluding carboxylic acids is 1. The summed E-state index contributed by atoms with van der Waals surface area (Å²) in [6.45, 7) is 4.84. The predicted octanol–water partition coefficient (Wildman–Crippen LogP) is 1.25. The van der Waals surface area contributed by atoms with E-state index in [4.69, 9.17) is 0 Å². The summed E-state index contributed by atoms with van der Waals surface area (Å²) in [4.78, 5) is 11.2. The van der Waals surface area contributed by atoms with Gasteiger partial charge >= 0.3 is 0 Å². The highest BCUT2D eigenvalue weighted by Crippen LogP contribution is 2.13. The molecule has 82 valence electrons. The van der Waals surface area contributed by atoms with E-state index in [-0.39, 0.29) is 11.5 Å². The number of hydrogen-bond acceptors (Lipinski definition) is 3. The fourth-order valence-corrected chi connectivity index (χ4v) is 1.71. The fourth-order valence-electron chi connectivity index (χ4n) is 1.09. The van der Waals surface area contributed by atoms with Crippen LogP contribution in [0.25, 0.3) is 0 Å². The zero-order chi connectivity index (χ0) is 11.6. The van der Waals surface area contributed by atoms with Crippen molar-refractivity contribution in [1.82, 2.24) is 0 Å². The monoisotopic (exact) mass is 227 g/mol. The standard InChI is InChI=1S/C10H13NO3S/c1-4-15(13,14)11-9-5-8(3)10(12)6-7(9)2/h5-6H,4H2,1-3H3. The molecule has 0 bridgehead atoms. The van der Waals surface area contributed by atoms with E-state index >= 15 is 0 Å². The number of carbonyl (C=O) groups is 1. The molecule has 0 aliphatic heterocycles. The number of nitrogens with zero attached hydrogens (tertiary/aromatic N) is 1. The second-order valence-corrected chi connectivity index (χ2v) is 5.29. The SMILES string of the molecule is CCS(=O)(=O)N=C1C=C(C)C(=O)C=C1C. The molecule has 0 aromatic carbocycles. The molecule has 0 radical (unpaired) electrons. The summed E-state index contributed by atoms with van der Waals surface area (Å²) in [5.41, 5.74) is 1.45. The third-order valence-corrected chi connectivity index (χ3v) is 3.30. The Morgan fingerprint density at radius 2 is 1.80 bits per heavy atom. The molecular weight excluding hydrogens is 214 g/mol. The van der Waals surface area contributed by atoms with Gasteiger partial charge in [-0.15, -0.1) is 0 Å². The average Bonchev–Trinajstić information content (AvgIpc) is 2.14. The van der Waals surface area contributed by atoms with Gasteiger partial charge in [-0.25, -0.2) is 8.42 Å². The van der Waals surface area contributed by atoms with Crippen LogP contribution in [0.2, 0.25) is 0 Å². The Morgan fingerprint density at radius 3 is 2.33 bits per heavy atom. The van der Waals surface area contributed by atoms with Crippen LogP contribution in [0, 0.1) is 0 Å². The van der Waals surface area contributed by atoms with E-state index in [1.165, 1.54) is 19.1 Å². The summed E-state index contributed by atoms with van der Waals surface area (Å²) >= 11 is 0. The Kier molecular flexibility index (Phi) is 3.24. The quantitative estimate of drug-likeness (QED) is 0.667. The first-order valence-corrected chi connectivity index (χ1v) is 6.20. The maximum atomic E-state index is 11.3. The second-order valence-electron chi connectivity index (χ2n) is 3.37. The van der Waals surface area contributed by atoms with Crippen LogP contribution >= 0.6 is 0 Å². The lowest BCUT2D eigenvalue weighted by Crippen LogP contribution is -2.12. The van der Waals surface area contributed by atoms with Crippen LogP contribution < -0.4 is 0 Å². The number of sulfonamides is 1. The molecule has 0 fully saturated rings. The summed E-state index contributed by atoms with van der Waals surface area (Å²) in [6, 6.07) is 0. The Labute approximate surface area is 89.5 Å². The zero-order valence-corrected chi connectivity index (χ0v) is 9.76. The first kappa shape index (κ1) is 11.8. The summed E-state index contributed by atoms with van der Waals surface area (Å²) in [7, 11) is -3.40. The summed E-state index contributed by atoms with van der Waals surface area (Å²) < 4.78 is 26.2. The lowest BCUT2D eigenvalue weighted by atomic mass is 9.99. The van der Waals surface area contributed by atoms with Gasteiger partial charge in [0, 0.05) is 0 Å². The van der Waals surface area contributed by atoms with Gasteiger partial charge in [-0.2, -0.15) is 4.40 Å². The lowest BCUT2D eigenvalue weighted by molar-refractivity contribution is -0.111. The molecule has 0 unspecified atom stereocenters. The minimum absolute atomic E-state index is 0.0371. The molecule has 1 rings (SSSR count). The molecule has 0 atom stereocenters. The normalized spacial score (nSPS) is 20.2. The summed E-state index contributed by atoms with van der Waals surface area (Å²) in [5.74, 6) is -0.134. The second kappa shape index (κ2) is 4.10. The highest BCUT2D eigenvalue weighted by atomic mass is 32.2. The minimum Gasteiger partial charge on any atom is -0.290 e. The number of ketones is 1. The van der Waals surface area contributed by atoms with Crippen LogP contribution in [0.15, 0.2) is 27.7 Å². The van der Waals surface area contributed by atoms with Crippen LogP contribution in [0.3, 0.4) is 0 Å². The molecule has 1 aliphatic rings. The molecule has 1 aliphatic carbocycles. The summed E-state index contributed by atoms with van der Waals surface area (Å²) in [6.07, 6.45) is 2.91. The Balaban J connectivity index is 3.19. The average molecular weight is 227 g/mol. The van der Waals surface area contributed by atoms with E-state index in [2.05, 4.69) is 4.40 Å². The molecule has 15 heavy (non-hydrogen) atoms. The van der Waals surface area contributed by atoms with Crippen molar-refractivity contribution in [3.05, 3.63) is 23.3 Å². The first-order valence-electron chi connectivity index (χ1n) is 4.59. The van der Waals surface area contributed by atoms with Gasteiger partial charge in [0.25, 0.3) is 10.0 Å². The van der Waals surface area contributed by atoms with Crippen LogP contribution in [0.1, 0.15) is 20.8 Å². The van der Waals surface area contributed by atoms with Crippen LogP contribution in [-0.2, 0) is 14.8 Å². The van der Waals surface area contributed by atoms with Crippen molar-refractivity contribution in [2.45, 2.75) is 20.8 Å². The van der Waals surface area contributed by atoms with Gasteiger partial charge in [0.05, 0.1) is 11.5 Å².